The lowest BCUT2D eigenvalue weighted by atomic mass is 10.0. The van der Waals surface area contributed by atoms with Crippen molar-refractivity contribution in [2.75, 3.05) is 13.3 Å². The molecule has 2 aromatic carbocycles. The molecule has 0 radical (unpaired) electrons. The molecule has 38 heavy (non-hydrogen) atoms. The predicted octanol–water partition coefficient (Wildman–Crippen LogP) is 3.49. The Labute approximate surface area is 222 Å². The molecule has 13 heteroatoms. The molecule has 3 aromatic rings. The van der Waals surface area contributed by atoms with Crippen LogP contribution in [0.2, 0.25) is 5.02 Å². The van der Waals surface area contributed by atoms with E-state index in [0.717, 1.165) is 22.8 Å². The number of rotatable bonds is 12. The van der Waals surface area contributed by atoms with Crippen LogP contribution in [0.1, 0.15) is 30.0 Å². The number of hydrogen-bond acceptors (Lipinski definition) is 10. The van der Waals surface area contributed by atoms with Gasteiger partial charge in [0.25, 0.3) is 5.88 Å². The summed E-state index contributed by atoms with van der Waals surface area (Å²) in [5.74, 6) is -2.63. The van der Waals surface area contributed by atoms with Crippen molar-refractivity contribution in [3.05, 3.63) is 70.9 Å². The summed E-state index contributed by atoms with van der Waals surface area (Å²) < 4.78 is 19.5. The van der Waals surface area contributed by atoms with E-state index in [-0.39, 0.29) is 24.3 Å². The van der Waals surface area contributed by atoms with Gasteiger partial charge < -0.3 is 28.9 Å². The lowest BCUT2D eigenvalue weighted by molar-refractivity contribution is -0.148. The number of aromatic nitrogens is 1. The lowest BCUT2D eigenvalue weighted by Crippen LogP contribution is -2.47. The quantitative estimate of drug-likeness (QED) is 0.173. The largest absolute Gasteiger partial charge is 0.511 e. The van der Waals surface area contributed by atoms with Crippen LogP contribution in [0.15, 0.2) is 59.1 Å². The number of halogens is 1. The molecular weight excluding hydrogens is 522 g/mol. The van der Waals surface area contributed by atoms with Crippen LogP contribution in [0.5, 0.6) is 5.88 Å². The zero-order valence-electron chi connectivity index (χ0n) is 20.5. The van der Waals surface area contributed by atoms with Crippen molar-refractivity contribution in [2.45, 2.75) is 32.6 Å². The Balaban J connectivity index is 1.63. The number of nitrogens with one attached hydrogen (secondary N) is 1. The van der Waals surface area contributed by atoms with E-state index >= 15 is 0 Å². The molecule has 1 unspecified atom stereocenters. The minimum absolute atomic E-state index is 0.0647. The SMILES string of the molecule is CC(C)OC(=O)OCOc1cc(C(=O)NN(Cc2ccc(-c3cccc(Cl)c3)cc2)CC(O)C(=O)O)on1. The monoisotopic (exact) mass is 547 g/mol. The average Bonchev–Trinajstić information content (AvgIpc) is 3.33. The van der Waals surface area contributed by atoms with Gasteiger partial charge in [-0.3, -0.25) is 10.2 Å². The second-order valence-electron chi connectivity index (χ2n) is 8.24. The Bertz CT molecular complexity index is 1250. The number of hydrazine groups is 1. The molecule has 1 atom stereocenters. The number of carboxylic acids is 1. The van der Waals surface area contributed by atoms with Crippen LogP contribution in [-0.2, 0) is 20.8 Å². The molecule has 0 saturated carbocycles. The second kappa shape index (κ2) is 13.4. The van der Waals surface area contributed by atoms with Gasteiger partial charge in [0, 0.05) is 11.6 Å². The molecule has 1 amide bonds. The number of ether oxygens (including phenoxy) is 3. The number of nitrogens with zero attached hydrogens (tertiary/aromatic N) is 2. The highest BCUT2D eigenvalue weighted by molar-refractivity contribution is 6.30. The van der Waals surface area contributed by atoms with Crippen molar-refractivity contribution >= 4 is 29.6 Å². The van der Waals surface area contributed by atoms with Crippen LogP contribution in [0.4, 0.5) is 4.79 Å². The zero-order chi connectivity index (χ0) is 27.7. The molecule has 1 heterocycles. The predicted molar refractivity (Wildman–Crippen MR) is 133 cm³/mol. The molecule has 1 aromatic heterocycles. The van der Waals surface area contributed by atoms with Crippen molar-refractivity contribution in [1.29, 1.82) is 0 Å². The molecule has 0 aliphatic heterocycles. The van der Waals surface area contributed by atoms with Crippen molar-refractivity contribution in [3.8, 4) is 17.0 Å². The van der Waals surface area contributed by atoms with Crippen LogP contribution < -0.4 is 10.2 Å². The average molecular weight is 548 g/mol. The molecule has 0 aliphatic rings. The third-order valence-electron chi connectivity index (χ3n) is 4.85. The minimum Gasteiger partial charge on any atom is -0.479 e. The first-order chi connectivity index (χ1) is 18.1. The molecule has 0 bridgehead atoms. The fraction of sp³-hybridized carbons (Fsp3) is 0.280. The highest BCUT2D eigenvalue weighted by atomic mass is 35.5. The molecule has 0 aliphatic carbocycles. The van der Waals surface area contributed by atoms with Crippen molar-refractivity contribution in [1.82, 2.24) is 15.6 Å². The van der Waals surface area contributed by atoms with E-state index in [9.17, 15) is 19.5 Å². The summed E-state index contributed by atoms with van der Waals surface area (Å²) in [6.45, 7) is 2.43. The third kappa shape index (κ3) is 8.76. The van der Waals surface area contributed by atoms with Crippen molar-refractivity contribution < 1.29 is 43.3 Å². The lowest BCUT2D eigenvalue weighted by Gasteiger charge is -2.24. The van der Waals surface area contributed by atoms with Gasteiger partial charge in [0.15, 0.2) is 6.10 Å². The highest BCUT2D eigenvalue weighted by Crippen LogP contribution is 2.23. The highest BCUT2D eigenvalue weighted by Gasteiger charge is 2.22. The van der Waals surface area contributed by atoms with E-state index in [1.54, 1.807) is 32.0 Å². The second-order valence-corrected chi connectivity index (χ2v) is 8.67. The summed E-state index contributed by atoms with van der Waals surface area (Å²) >= 11 is 6.06. The van der Waals surface area contributed by atoms with E-state index in [0.29, 0.717) is 5.02 Å². The van der Waals surface area contributed by atoms with Gasteiger partial charge in [-0.25, -0.2) is 14.6 Å². The van der Waals surface area contributed by atoms with Crippen LogP contribution in [-0.4, -0.2) is 64.0 Å². The first-order valence-corrected chi connectivity index (χ1v) is 11.7. The standard InChI is InChI=1S/C25H26ClN3O9/c1-15(2)37-25(34)36-14-35-22-11-21(38-28-22)23(31)27-29(13-20(30)24(32)33)12-16-6-8-17(9-7-16)18-4-3-5-19(26)10-18/h3-11,15,20,30H,12-14H2,1-2H3,(H,27,31)(H,32,33). The molecule has 3 N–H and O–H groups in total. The number of carboxylic acid groups (broad SMARTS) is 1. The number of aliphatic hydroxyl groups is 1. The van der Waals surface area contributed by atoms with Gasteiger partial charge in [0.1, 0.15) is 0 Å². The summed E-state index contributed by atoms with van der Waals surface area (Å²) in [6, 6.07) is 15.8. The Hall–Kier alpha value is -4.13. The fourth-order valence-electron chi connectivity index (χ4n) is 3.12. The normalized spacial score (nSPS) is 11.7. The topological polar surface area (TPSA) is 161 Å². The van der Waals surface area contributed by atoms with E-state index < -0.39 is 37.5 Å². The molecule has 3 rings (SSSR count). The number of aliphatic carboxylic acids is 1. The molecule has 0 spiro atoms. The van der Waals surface area contributed by atoms with E-state index in [1.165, 1.54) is 5.01 Å². The Morgan fingerprint density at radius 2 is 1.84 bits per heavy atom. The van der Waals surface area contributed by atoms with Crippen LogP contribution >= 0.6 is 11.6 Å². The summed E-state index contributed by atoms with van der Waals surface area (Å²) in [5, 5.41) is 24.4. The van der Waals surface area contributed by atoms with Gasteiger partial charge in [-0.15, -0.1) is 0 Å². The maximum Gasteiger partial charge on any atom is 0.511 e. The number of aliphatic hydroxyl groups excluding tert-OH is 1. The van der Waals surface area contributed by atoms with Crippen LogP contribution in [0, 0.1) is 0 Å². The molecular formula is C25H26ClN3O9. The molecule has 0 fully saturated rings. The number of hydrogen-bond donors (Lipinski definition) is 3. The minimum atomic E-state index is -1.77. The van der Waals surface area contributed by atoms with Gasteiger partial charge >= 0.3 is 18.0 Å². The summed E-state index contributed by atoms with van der Waals surface area (Å²) in [4.78, 5) is 35.3. The smallest absolute Gasteiger partial charge is 0.479 e. The van der Waals surface area contributed by atoms with Gasteiger partial charge in [-0.05, 0) is 47.8 Å². The van der Waals surface area contributed by atoms with Gasteiger partial charge in [0.2, 0.25) is 12.6 Å². The maximum absolute atomic E-state index is 12.7. The summed E-state index contributed by atoms with van der Waals surface area (Å²) in [6.07, 6.45) is -3.07. The summed E-state index contributed by atoms with van der Waals surface area (Å²) in [5.41, 5.74) is 5.04. The van der Waals surface area contributed by atoms with Crippen molar-refractivity contribution in [2.24, 2.45) is 0 Å². The van der Waals surface area contributed by atoms with Gasteiger partial charge in [-0.2, -0.15) is 0 Å². The number of amides is 1. The van der Waals surface area contributed by atoms with Gasteiger partial charge in [-0.1, -0.05) is 48.0 Å². The maximum atomic E-state index is 12.7. The van der Waals surface area contributed by atoms with Crippen LogP contribution in [0.25, 0.3) is 11.1 Å². The number of carbonyl (C=O) groups excluding carboxylic acids is 2. The number of benzene rings is 2. The van der Waals surface area contributed by atoms with Crippen molar-refractivity contribution in [3.63, 3.8) is 0 Å². The van der Waals surface area contributed by atoms with E-state index in [4.69, 9.17) is 35.4 Å². The molecule has 12 nitrogen and oxygen atoms in total. The Morgan fingerprint density at radius 1 is 1.11 bits per heavy atom. The first-order valence-electron chi connectivity index (χ1n) is 11.4. The molecule has 202 valence electrons. The van der Waals surface area contributed by atoms with Gasteiger partial charge in [0.05, 0.1) is 18.7 Å². The fourth-order valence-corrected chi connectivity index (χ4v) is 3.32. The summed E-state index contributed by atoms with van der Waals surface area (Å²) in [7, 11) is 0. The first kappa shape index (κ1) is 28.4. The van der Waals surface area contributed by atoms with E-state index in [1.807, 2.05) is 30.3 Å². The van der Waals surface area contributed by atoms with E-state index in [2.05, 4.69) is 10.6 Å². The molecule has 0 saturated heterocycles. The third-order valence-corrected chi connectivity index (χ3v) is 5.09. The zero-order valence-corrected chi connectivity index (χ0v) is 21.3. The Morgan fingerprint density at radius 3 is 2.50 bits per heavy atom. The van der Waals surface area contributed by atoms with Crippen LogP contribution in [0.3, 0.4) is 0 Å². The number of carbonyl (C=O) groups is 3. The Kier molecular flexibility index (Phi) is 10.0.